The lowest BCUT2D eigenvalue weighted by Crippen LogP contribution is -2.57. The van der Waals surface area contributed by atoms with E-state index >= 15 is 0 Å². The highest BCUT2D eigenvalue weighted by molar-refractivity contribution is 7.92. The second-order valence-corrected chi connectivity index (χ2v) is 8.87. The maximum Gasteiger partial charge on any atom is 0.409 e. The molecule has 9 nitrogen and oxygen atoms in total. The number of sulfonamides is 1. The van der Waals surface area contributed by atoms with E-state index in [0.29, 0.717) is 43.5 Å². The maximum absolute atomic E-state index is 12.9. The summed E-state index contributed by atoms with van der Waals surface area (Å²) in [5, 5.41) is 0.371. The zero-order valence-electron chi connectivity index (χ0n) is 15.6. The number of nitrogens with zero attached hydrogens (tertiary/aromatic N) is 3. The molecule has 0 spiro atoms. The third-order valence-corrected chi connectivity index (χ3v) is 5.97. The van der Waals surface area contributed by atoms with E-state index in [1.807, 2.05) is 0 Å². The van der Waals surface area contributed by atoms with Crippen molar-refractivity contribution in [2.75, 3.05) is 49.9 Å². The van der Waals surface area contributed by atoms with Crippen LogP contribution >= 0.6 is 11.6 Å². The van der Waals surface area contributed by atoms with E-state index in [1.165, 1.54) is 11.0 Å². The standard InChI is InChI=1S/C17H22ClN3O6S/c1-3-26-17(23)20-8-6-19(7-9-20)16(22)15-11-21(28(2,24)25)13-10-12(18)4-5-14(13)27-15/h4-5,10,15H,3,6-9,11H2,1-2H3/t15-/m0/s1. The van der Waals surface area contributed by atoms with Crippen LogP contribution in [0.25, 0.3) is 0 Å². The van der Waals surface area contributed by atoms with Crippen LogP contribution in [0.1, 0.15) is 6.92 Å². The summed E-state index contributed by atoms with van der Waals surface area (Å²) in [6, 6.07) is 4.62. The molecule has 3 rings (SSSR count). The number of anilines is 1. The molecule has 2 heterocycles. The van der Waals surface area contributed by atoms with Gasteiger partial charge in [-0.05, 0) is 25.1 Å². The number of carbonyl (C=O) groups is 2. The zero-order chi connectivity index (χ0) is 20.5. The minimum absolute atomic E-state index is 0.136. The monoisotopic (exact) mass is 431 g/mol. The Kier molecular flexibility index (Phi) is 5.90. The Balaban J connectivity index is 1.73. The average Bonchev–Trinajstić information content (AvgIpc) is 2.66. The van der Waals surface area contributed by atoms with E-state index in [1.54, 1.807) is 24.0 Å². The van der Waals surface area contributed by atoms with Gasteiger partial charge in [0.2, 0.25) is 10.0 Å². The molecule has 0 radical (unpaired) electrons. The number of carbonyl (C=O) groups excluding carboxylic acids is 2. The molecule has 0 saturated carbocycles. The van der Waals surface area contributed by atoms with Gasteiger partial charge < -0.3 is 19.3 Å². The Morgan fingerprint density at radius 2 is 1.86 bits per heavy atom. The second kappa shape index (κ2) is 8.04. The van der Waals surface area contributed by atoms with Crippen molar-refractivity contribution in [2.45, 2.75) is 13.0 Å². The Morgan fingerprint density at radius 1 is 1.21 bits per heavy atom. The van der Waals surface area contributed by atoms with E-state index in [9.17, 15) is 18.0 Å². The van der Waals surface area contributed by atoms with Crippen molar-refractivity contribution in [1.29, 1.82) is 0 Å². The summed E-state index contributed by atoms with van der Waals surface area (Å²) in [4.78, 5) is 27.8. The fourth-order valence-corrected chi connectivity index (χ4v) is 4.27. The van der Waals surface area contributed by atoms with Gasteiger partial charge in [0.1, 0.15) is 5.75 Å². The van der Waals surface area contributed by atoms with Gasteiger partial charge in [-0.1, -0.05) is 11.6 Å². The first-order valence-electron chi connectivity index (χ1n) is 8.85. The van der Waals surface area contributed by atoms with Crippen LogP contribution in [0, 0.1) is 0 Å². The predicted octanol–water partition coefficient (Wildman–Crippen LogP) is 1.17. The lowest BCUT2D eigenvalue weighted by molar-refractivity contribution is -0.140. The lowest BCUT2D eigenvalue weighted by atomic mass is 10.2. The molecule has 2 amide bonds. The Hall–Kier alpha value is -2.20. The molecule has 1 atom stereocenters. The highest BCUT2D eigenvalue weighted by Crippen LogP contribution is 2.37. The fourth-order valence-electron chi connectivity index (χ4n) is 3.19. The molecule has 0 aromatic heterocycles. The number of amides is 2. The van der Waals surface area contributed by atoms with E-state index in [-0.39, 0.29) is 18.2 Å². The number of rotatable bonds is 3. The summed E-state index contributed by atoms with van der Waals surface area (Å²) in [7, 11) is -3.63. The molecular formula is C17H22ClN3O6S. The van der Waals surface area contributed by atoms with Crippen LogP contribution in [0.4, 0.5) is 10.5 Å². The van der Waals surface area contributed by atoms with Crippen molar-refractivity contribution in [3.63, 3.8) is 0 Å². The van der Waals surface area contributed by atoms with E-state index in [4.69, 9.17) is 21.1 Å². The van der Waals surface area contributed by atoms with Gasteiger partial charge in [0.15, 0.2) is 6.10 Å². The van der Waals surface area contributed by atoms with Gasteiger partial charge in [-0.3, -0.25) is 9.10 Å². The highest BCUT2D eigenvalue weighted by atomic mass is 35.5. The lowest BCUT2D eigenvalue weighted by Gasteiger charge is -2.39. The quantitative estimate of drug-likeness (QED) is 0.712. The molecule has 0 N–H and O–H groups in total. The largest absolute Gasteiger partial charge is 0.476 e. The highest BCUT2D eigenvalue weighted by Gasteiger charge is 2.38. The van der Waals surface area contributed by atoms with Gasteiger partial charge in [-0.25, -0.2) is 13.2 Å². The summed E-state index contributed by atoms with van der Waals surface area (Å²) in [6.07, 6.45) is -0.307. The van der Waals surface area contributed by atoms with E-state index in [0.717, 1.165) is 10.6 Å². The van der Waals surface area contributed by atoms with Crippen molar-refractivity contribution >= 4 is 39.3 Å². The first kappa shape index (κ1) is 20.5. The van der Waals surface area contributed by atoms with E-state index in [2.05, 4.69) is 0 Å². The van der Waals surface area contributed by atoms with Gasteiger partial charge in [-0.15, -0.1) is 0 Å². The van der Waals surface area contributed by atoms with Crippen molar-refractivity contribution in [1.82, 2.24) is 9.80 Å². The minimum Gasteiger partial charge on any atom is -0.476 e. The zero-order valence-corrected chi connectivity index (χ0v) is 17.2. The molecule has 28 heavy (non-hydrogen) atoms. The van der Waals surface area contributed by atoms with Crippen LogP contribution in [-0.4, -0.2) is 81.9 Å². The second-order valence-electron chi connectivity index (χ2n) is 6.52. The van der Waals surface area contributed by atoms with Crippen molar-refractivity contribution < 1.29 is 27.5 Å². The normalized spacial score (nSPS) is 19.7. The predicted molar refractivity (Wildman–Crippen MR) is 103 cm³/mol. The van der Waals surface area contributed by atoms with Crippen LogP contribution in [-0.2, 0) is 19.6 Å². The summed E-state index contributed by atoms with van der Waals surface area (Å²) in [5.41, 5.74) is 0.311. The van der Waals surface area contributed by atoms with Gasteiger partial charge in [0.05, 0.1) is 25.1 Å². The Labute approximate surface area is 168 Å². The number of piperazine rings is 1. The van der Waals surface area contributed by atoms with Crippen molar-refractivity contribution in [2.24, 2.45) is 0 Å². The van der Waals surface area contributed by atoms with Crippen LogP contribution < -0.4 is 9.04 Å². The number of hydrogen-bond donors (Lipinski definition) is 0. The smallest absolute Gasteiger partial charge is 0.409 e. The SMILES string of the molecule is CCOC(=O)N1CCN(C(=O)[C@@H]2CN(S(C)(=O)=O)c3cc(Cl)ccc3O2)CC1. The summed E-state index contributed by atoms with van der Waals surface area (Å²) < 4.78 is 36.3. The average molecular weight is 432 g/mol. The Bertz CT molecular complexity index is 870. The summed E-state index contributed by atoms with van der Waals surface area (Å²) in [6.45, 7) is 3.23. The van der Waals surface area contributed by atoms with Crippen LogP contribution in [0.2, 0.25) is 5.02 Å². The fraction of sp³-hybridized carbons (Fsp3) is 0.529. The number of hydrogen-bond acceptors (Lipinski definition) is 6. The Morgan fingerprint density at radius 3 is 2.46 bits per heavy atom. The van der Waals surface area contributed by atoms with Crippen LogP contribution in [0.5, 0.6) is 5.75 Å². The molecule has 1 saturated heterocycles. The minimum atomic E-state index is -3.63. The van der Waals surface area contributed by atoms with E-state index < -0.39 is 22.2 Å². The summed E-state index contributed by atoms with van der Waals surface area (Å²) >= 11 is 5.98. The number of ether oxygens (including phenoxy) is 2. The number of benzene rings is 1. The molecule has 1 aromatic carbocycles. The van der Waals surface area contributed by atoms with Crippen molar-refractivity contribution in [3.8, 4) is 5.75 Å². The van der Waals surface area contributed by atoms with Crippen LogP contribution in [0.15, 0.2) is 18.2 Å². The van der Waals surface area contributed by atoms with Gasteiger partial charge >= 0.3 is 6.09 Å². The summed E-state index contributed by atoms with van der Waals surface area (Å²) in [5.74, 6) is -0.0395. The first-order valence-corrected chi connectivity index (χ1v) is 11.1. The number of halogens is 1. The molecule has 11 heteroatoms. The molecule has 2 aliphatic heterocycles. The molecule has 0 aliphatic carbocycles. The first-order chi connectivity index (χ1) is 13.2. The maximum atomic E-state index is 12.9. The van der Waals surface area contributed by atoms with Gasteiger partial charge in [0.25, 0.3) is 5.91 Å². The molecule has 154 valence electrons. The molecule has 0 bridgehead atoms. The molecule has 2 aliphatic rings. The van der Waals surface area contributed by atoms with Gasteiger partial charge in [-0.2, -0.15) is 0 Å². The van der Waals surface area contributed by atoms with Crippen LogP contribution in [0.3, 0.4) is 0 Å². The van der Waals surface area contributed by atoms with Gasteiger partial charge in [0, 0.05) is 31.2 Å². The molecule has 0 unspecified atom stereocenters. The molecule has 1 fully saturated rings. The van der Waals surface area contributed by atoms with Crippen molar-refractivity contribution in [3.05, 3.63) is 23.2 Å². The topological polar surface area (TPSA) is 96.5 Å². The number of fused-ring (bicyclic) bond motifs is 1. The third kappa shape index (κ3) is 4.27. The molecular weight excluding hydrogens is 410 g/mol. The molecule has 1 aromatic rings. The third-order valence-electron chi connectivity index (χ3n) is 4.58.